The second-order valence-corrected chi connectivity index (χ2v) is 4.66. The molecule has 100 valence electrons. The molecule has 0 bridgehead atoms. The van der Waals surface area contributed by atoms with Crippen molar-refractivity contribution in [1.82, 2.24) is 5.32 Å². The van der Waals surface area contributed by atoms with Crippen LogP contribution in [0.3, 0.4) is 0 Å². The van der Waals surface area contributed by atoms with Crippen molar-refractivity contribution in [1.29, 1.82) is 0 Å². The van der Waals surface area contributed by atoms with E-state index in [4.69, 9.17) is 5.73 Å². The van der Waals surface area contributed by atoms with Gasteiger partial charge in [0.15, 0.2) is 0 Å². The van der Waals surface area contributed by atoms with Crippen molar-refractivity contribution >= 4 is 5.91 Å². The topological polar surface area (TPSA) is 75.4 Å². The second-order valence-electron chi connectivity index (χ2n) is 4.66. The Kier molecular flexibility index (Phi) is 5.65. The van der Waals surface area contributed by atoms with Crippen molar-refractivity contribution in [2.75, 3.05) is 6.54 Å². The lowest BCUT2D eigenvalue weighted by molar-refractivity contribution is -0.125. The fourth-order valence-corrected chi connectivity index (χ4v) is 1.79. The van der Waals surface area contributed by atoms with Gasteiger partial charge in [0.2, 0.25) is 5.91 Å². The Hall–Kier alpha value is -1.55. The average molecular weight is 250 g/mol. The number of benzene rings is 1. The highest BCUT2D eigenvalue weighted by atomic mass is 16.3. The molecule has 1 amide bonds. The van der Waals surface area contributed by atoms with Crippen LogP contribution in [0.25, 0.3) is 0 Å². The zero-order valence-corrected chi connectivity index (χ0v) is 11.0. The number of nitrogens with one attached hydrogen (secondary N) is 1. The molecule has 4 N–H and O–H groups in total. The van der Waals surface area contributed by atoms with E-state index in [1.165, 1.54) is 0 Å². The van der Waals surface area contributed by atoms with Crippen LogP contribution in [0.15, 0.2) is 24.3 Å². The summed E-state index contributed by atoms with van der Waals surface area (Å²) in [6.45, 7) is 4.42. The van der Waals surface area contributed by atoms with Crippen LogP contribution in [-0.2, 0) is 4.79 Å². The van der Waals surface area contributed by atoms with E-state index in [0.717, 1.165) is 18.4 Å². The van der Waals surface area contributed by atoms with Gasteiger partial charge in [0, 0.05) is 5.92 Å². The van der Waals surface area contributed by atoms with Gasteiger partial charge < -0.3 is 16.2 Å². The van der Waals surface area contributed by atoms with Gasteiger partial charge >= 0.3 is 0 Å². The molecule has 1 aromatic rings. The lowest BCUT2D eigenvalue weighted by Gasteiger charge is -2.18. The normalized spacial score (nSPS) is 13.9. The zero-order valence-electron chi connectivity index (χ0n) is 11.0. The van der Waals surface area contributed by atoms with Crippen molar-refractivity contribution in [3.8, 4) is 5.75 Å². The van der Waals surface area contributed by atoms with Crippen molar-refractivity contribution in [2.45, 2.75) is 32.7 Å². The van der Waals surface area contributed by atoms with Crippen LogP contribution < -0.4 is 11.1 Å². The molecule has 0 spiro atoms. The maximum absolute atomic E-state index is 11.9. The summed E-state index contributed by atoms with van der Waals surface area (Å²) in [5.74, 6) is 0.206. The molecule has 0 aromatic heterocycles. The molecule has 0 aliphatic heterocycles. The first kappa shape index (κ1) is 14.5. The van der Waals surface area contributed by atoms with Crippen molar-refractivity contribution < 1.29 is 9.90 Å². The molecule has 0 aliphatic rings. The molecule has 0 heterocycles. The number of nitrogens with two attached hydrogens (primary N) is 1. The van der Waals surface area contributed by atoms with Gasteiger partial charge in [0.1, 0.15) is 5.75 Å². The highest BCUT2D eigenvalue weighted by Gasteiger charge is 2.15. The largest absolute Gasteiger partial charge is 0.508 e. The van der Waals surface area contributed by atoms with Gasteiger partial charge in [-0.25, -0.2) is 0 Å². The van der Waals surface area contributed by atoms with E-state index >= 15 is 0 Å². The van der Waals surface area contributed by atoms with Crippen LogP contribution in [0.5, 0.6) is 5.75 Å². The van der Waals surface area contributed by atoms with Crippen molar-refractivity contribution in [2.24, 2.45) is 11.7 Å². The number of amides is 1. The van der Waals surface area contributed by atoms with E-state index in [9.17, 15) is 9.90 Å². The van der Waals surface area contributed by atoms with E-state index in [-0.39, 0.29) is 23.6 Å². The zero-order chi connectivity index (χ0) is 13.5. The number of phenols is 1. The molecule has 18 heavy (non-hydrogen) atoms. The van der Waals surface area contributed by atoms with Crippen LogP contribution in [0.1, 0.15) is 38.3 Å². The number of carbonyl (C=O) groups excluding carboxylic acids is 1. The van der Waals surface area contributed by atoms with E-state index < -0.39 is 0 Å². The van der Waals surface area contributed by atoms with E-state index in [2.05, 4.69) is 5.32 Å². The summed E-state index contributed by atoms with van der Waals surface area (Å²) in [6, 6.07) is 6.82. The lowest BCUT2D eigenvalue weighted by atomic mass is 10.0. The number of carbonyl (C=O) groups is 1. The van der Waals surface area contributed by atoms with Gasteiger partial charge in [-0.15, -0.1) is 0 Å². The molecule has 4 nitrogen and oxygen atoms in total. The summed E-state index contributed by atoms with van der Waals surface area (Å²) in [5, 5.41) is 12.3. The molecule has 1 aromatic carbocycles. The van der Waals surface area contributed by atoms with Crippen LogP contribution in [0, 0.1) is 5.92 Å². The summed E-state index contributed by atoms with van der Waals surface area (Å²) >= 11 is 0. The van der Waals surface area contributed by atoms with Gasteiger partial charge in [-0.1, -0.05) is 19.1 Å². The average Bonchev–Trinajstić information content (AvgIpc) is 2.35. The molecule has 4 heteroatoms. The van der Waals surface area contributed by atoms with Crippen molar-refractivity contribution in [3.05, 3.63) is 29.8 Å². The summed E-state index contributed by atoms with van der Waals surface area (Å²) in [6.07, 6.45) is 1.66. The highest BCUT2D eigenvalue weighted by Crippen LogP contribution is 2.18. The summed E-state index contributed by atoms with van der Waals surface area (Å²) in [7, 11) is 0. The summed E-state index contributed by atoms with van der Waals surface area (Å²) in [5.41, 5.74) is 6.32. The Balaban J connectivity index is 2.54. The number of hydrogen-bond acceptors (Lipinski definition) is 3. The third kappa shape index (κ3) is 4.37. The SMILES string of the molecule is CC(CCCN)C(=O)NC(C)c1cccc(O)c1. The molecule has 1 rings (SSSR count). The molecule has 0 saturated heterocycles. The minimum atomic E-state index is -0.107. The second kappa shape index (κ2) is 7.01. The Morgan fingerprint density at radius 3 is 2.78 bits per heavy atom. The van der Waals surface area contributed by atoms with Gasteiger partial charge in [-0.2, -0.15) is 0 Å². The van der Waals surface area contributed by atoms with E-state index in [0.29, 0.717) is 6.54 Å². The Morgan fingerprint density at radius 1 is 1.44 bits per heavy atom. The number of rotatable bonds is 6. The Bertz CT molecular complexity index is 393. The third-order valence-corrected chi connectivity index (χ3v) is 3.02. The standard InChI is InChI=1S/C14H22N2O2/c1-10(5-4-8-15)14(18)16-11(2)12-6-3-7-13(17)9-12/h3,6-7,9-11,17H,4-5,8,15H2,1-2H3,(H,16,18). The quantitative estimate of drug-likeness (QED) is 0.722. The van der Waals surface area contributed by atoms with Crippen LogP contribution in [0.2, 0.25) is 0 Å². The number of hydrogen-bond donors (Lipinski definition) is 3. The molecular formula is C14H22N2O2. The van der Waals surface area contributed by atoms with Gasteiger partial charge in [-0.05, 0) is 44.0 Å². The molecule has 0 radical (unpaired) electrons. The predicted molar refractivity (Wildman–Crippen MR) is 72.1 cm³/mol. The summed E-state index contributed by atoms with van der Waals surface area (Å²) < 4.78 is 0. The first-order valence-corrected chi connectivity index (χ1v) is 6.34. The maximum atomic E-state index is 11.9. The van der Waals surface area contributed by atoms with Crippen LogP contribution >= 0.6 is 0 Å². The molecule has 0 fully saturated rings. The highest BCUT2D eigenvalue weighted by molar-refractivity contribution is 5.78. The minimum absolute atomic E-state index is 0.0271. The monoisotopic (exact) mass is 250 g/mol. The van der Waals surface area contributed by atoms with Crippen molar-refractivity contribution in [3.63, 3.8) is 0 Å². The fourth-order valence-electron chi connectivity index (χ4n) is 1.79. The van der Waals surface area contributed by atoms with Crippen LogP contribution in [-0.4, -0.2) is 17.6 Å². The molecule has 2 unspecified atom stereocenters. The predicted octanol–water partition coefficient (Wildman–Crippen LogP) is 1.94. The number of phenolic OH excluding ortho intramolecular Hbond substituents is 1. The first-order chi connectivity index (χ1) is 8.54. The fraction of sp³-hybridized carbons (Fsp3) is 0.500. The minimum Gasteiger partial charge on any atom is -0.508 e. The Morgan fingerprint density at radius 2 is 2.17 bits per heavy atom. The third-order valence-electron chi connectivity index (χ3n) is 3.02. The molecule has 2 atom stereocenters. The molecular weight excluding hydrogens is 228 g/mol. The van der Waals surface area contributed by atoms with Gasteiger partial charge in [-0.3, -0.25) is 4.79 Å². The van der Waals surface area contributed by atoms with Gasteiger partial charge in [0.05, 0.1) is 6.04 Å². The smallest absolute Gasteiger partial charge is 0.223 e. The molecule has 0 aliphatic carbocycles. The maximum Gasteiger partial charge on any atom is 0.223 e. The first-order valence-electron chi connectivity index (χ1n) is 6.34. The van der Waals surface area contributed by atoms with E-state index in [1.54, 1.807) is 18.2 Å². The van der Waals surface area contributed by atoms with Gasteiger partial charge in [0.25, 0.3) is 0 Å². The summed E-state index contributed by atoms with van der Waals surface area (Å²) in [4.78, 5) is 11.9. The number of aromatic hydroxyl groups is 1. The molecule has 0 saturated carbocycles. The van der Waals surface area contributed by atoms with E-state index in [1.807, 2.05) is 19.9 Å². The Labute approximate surface area is 108 Å². The van der Waals surface area contributed by atoms with Crippen LogP contribution in [0.4, 0.5) is 0 Å². The lowest BCUT2D eigenvalue weighted by Crippen LogP contribution is -2.31.